The van der Waals surface area contributed by atoms with E-state index < -0.39 is 17.8 Å². The Morgan fingerprint density at radius 1 is 1.47 bits per heavy atom. The maximum absolute atomic E-state index is 12.9. The van der Waals surface area contributed by atoms with Crippen LogP contribution in [-0.4, -0.2) is 35.1 Å². The first-order valence-corrected chi connectivity index (χ1v) is 6.74. The number of anilines is 1. The topological polar surface area (TPSA) is 69.6 Å². The number of benzene rings is 1. The second-order valence-corrected chi connectivity index (χ2v) is 5.03. The van der Waals surface area contributed by atoms with Crippen LogP contribution in [0.3, 0.4) is 0 Å². The summed E-state index contributed by atoms with van der Waals surface area (Å²) in [5.41, 5.74) is 0.457. The number of carboxylic acid groups (broad SMARTS) is 1. The van der Waals surface area contributed by atoms with E-state index in [-0.39, 0.29) is 6.54 Å². The van der Waals surface area contributed by atoms with Gasteiger partial charge in [0, 0.05) is 10.1 Å². The van der Waals surface area contributed by atoms with Gasteiger partial charge in [-0.05, 0) is 47.2 Å². The zero-order valence-electron chi connectivity index (χ0n) is 10.3. The molecule has 0 unspecified atom stereocenters. The third-order valence-electron chi connectivity index (χ3n) is 2.28. The number of carbonyl (C=O) groups is 2. The molecule has 19 heavy (non-hydrogen) atoms. The Morgan fingerprint density at radius 3 is 2.68 bits per heavy atom. The number of hydrogen-bond donors (Lipinski definition) is 2. The molecule has 2 N–H and O–H groups in total. The standard InChI is InChI=1S/C12H14FIN2O3/c1-2-5-16(7-11(17)18)12(19)15-10-4-3-8(13)6-9(10)14/h3-4,6H,2,5,7H2,1H3,(H,15,19)(H,17,18). The lowest BCUT2D eigenvalue weighted by Gasteiger charge is -2.20. The van der Waals surface area contributed by atoms with Crippen LogP contribution in [0.2, 0.25) is 0 Å². The predicted octanol–water partition coefficient (Wildman–Crippen LogP) is 2.76. The molecule has 0 aliphatic carbocycles. The number of halogens is 2. The smallest absolute Gasteiger partial charge is 0.323 e. The SMILES string of the molecule is CCCN(CC(=O)O)C(=O)Nc1ccc(F)cc1I. The third kappa shape index (κ3) is 5.01. The summed E-state index contributed by atoms with van der Waals surface area (Å²) in [5, 5.41) is 11.3. The summed E-state index contributed by atoms with van der Waals surface area (Å²) < 4.78 is 13.5. The van der Waals surface area contributed by atoms with Gasteiger partial charge in [-0.15, -0.1) is 0 Å². The fourth-order valence-electron chi connectivity index (χ4n) is 1.47. The molecule has 1 aromatic rings. The van der Waals surface area contributed by atoms with Gasteiger partial charge in [-0.3, -0.25) is 4.79 Å². The van der Waals surface area contributed by atoms with E-state index >= 15 is 0 Å². The highest BCUT2D eigenvalue weighted by molar-refractivity contribution is 14.1. The largest absolute Gasteiger partial charge is 0.480 e. The Morgan fingerprint density at radius 2 is 2.16 bits per heavy atom. The van der Waals surface area contributed by atoms with Crippen molar-refractivity contribution in [2.75, 3.05) is 18.4 Å². The fraction of sp³-hybridized carbons (Fsp3) is 0.333. The minimum absolute atomic E-state index is 0.343. The van der Waals surface area contributed by atoms with E-state index in [1.54, 1.807) is 0 Å². The molecule has 0 spiro atoms. The number of carboxylic acids is 1. The van der Waals surface area contributed by atoms with Gasteiger partial charge >= 0.3 is 12.0 Å². The molecule has 0 aliphatic heterocycles. The molecule has 7 heteroatoms. The number of aliphatic carboxylic acids is 1. The number of amides is 2. The van der Waals surface area contributed by atoms with Crippen LogP contribution in [0, 0.1) is 9.39 Å². The van der Waals surface area contributed by atoms with Crippen LogP contribution in [-0.2, 0) is 4.79 Å². The molecule has 104 valence electrons. The van der Waals surface area contributed by atoms with Gasteiger partial charge in [-0.2, -0.15) is 0 Å². The van der Waals surface area contributed by atoms with Crippen LogP contribution in [0.1, 0.15) is 13.3 Å². The number of nitrogens with zero attached hydrogens (tertiary/aromatic N) is 1. The van der Waals surface area contributed by atoms with Crippen LogP contribution in [0.4, 0.5) is 14.9 Å². The Kier molecular flexibility index (Phi) is 6.00. The summed E-state index contributed by atoms with van der Waals surface area (Å²) in [4.78, 5) is 23.8. The maximum atomic E-state index is 12.9. The molecule has 0 fully saturated rings. The molecule has 0 saturated heterocycles. The lowest BCUT2D eigenvalue weighted by atomic mass is 10.3. The average molecular weight is 380 g/mol. The van der Waals surface area contributed by atoms with Crippen LogP contribution in [0.15, 0.2) is 18.2 Å². The van der Waals surface area contributed by atoms with Gasteiger partial charge in [0.15, 0.2) is 0 Å². The molecule has 0 bridgehead atoms. The minimum atomic E-state index is -1.07. The first kappa shape index (κ1) is 15.7. The molecule has 0 radical (unpaired) electrons. The second kappa shape index (κ2) is 7.27. The zero-order chi connectivity index (χ0) is 14.4. The lowest BCUT2D eigenvalue weighted by Crippen LogP contribution is -2.39. The van der Waals surface area contributed by atoms with E-state index in [0.29, 0.717) is 22.2 Å². The summed E-state index contributed by atoms with van der Waals surface area (Å²) in [6.07, 6.45) is 0.654. The van der Waals surface area contributed by atoms with E-state index in [4.69, 9.17) is 5.11 Å². The van der Waals surface area contributed by atoms with Gasteiger partial charge < -0.3 is 15.3 Å². The molecule has 0 saturated carbocycles. The molecule has 0 aliphatic rings. The molecule has 0 heterocycles. The summed E-state index contributed by atoms with van der Waals surface area (Å²) >= 11 is 1.90. The molecule has 2 amide bonds. The van der Waals surface area contributed by atoms with Crippen molar-refractivity contribution >= 4 is 40.3 Å². The monoisotopic (exact) mass is 380 g/mol. The fourth-order valence-corrected chi connectivity index (χ4v) is 2.08. The van der Waals surface area contributed by atoms with E-state index in [1.165, 1.54) is 23.1 Å². The van der Waals surface area contributed by atoms with E-state index in [9.17, 15) is 14.0 Å². The summed E-state index contributed by atoms with van der Waals surface area (Å²) in [7, 11) is 0. The highest BCUT2D eigenvalue weighted by Crippen LogP contribution is 2.19. The van der Waals surface area contributed by atoms with Gasteiger partial charge in [0.25, 0.3) is 0 Å². The highest BCUT2D eigenvalue weighted by atomic mass is 127. The Bertz CT molecular complexity index is 482. The summed E-state index contributed by atoms with van der Waals surface area (Å²) in [6, 6.07) is 3.46. The summed E-state index contributed by atoms with van der Waals surface area (Å²) in [6.45, 7) is 1.83. The first-order valence-electron chi connectivity index (χ1n) is 5.66. The van der Waals surface area contributed by atoms with Crippen LogP contribution in [0.25, 0.3) is 0 Å². The van der Waals surface area contributed by atoms with E-state index in [2.05, 4.69) is 5.32 Å². The van der Waals surface area contributed by atoms with Crippen LogP contribution < -0.4 is 5.32 Å². The molecular weight excluding hydrogens is 366 g/mol. The molecule has 0 aromatic heterocycles. The number of carbonyl (C=O) groups excluding carboxylic acids is 1. The molecule has 5 nitrogen and oxygen atoms in total. The number of urea groups is 1. The van der Waals surface area contributed by atoms with Crippen molar-refractivity contribution in [2.24, 2.45) is 0 Å². The Hall–Kier alpha value is -1.38. The van der Waals surface area contributed by atoms with Gasteiger partial charge in [-0.25, -0.2) is 9.18 Å². The van der Waals surface area contributed by atoms with Crippen molar-refractivity contribution in [1.29, 1.82) is 0 Å². The van der Waals surface area contributed by atoms with E-state index in [1.807, 2.05) is 29.5 Å². The lowest BCUT2D eigenvalue weighted by molar-refractivity contribution is -0.137. The molecule has 1 aromatic carbocycles. The van der Waals surface area contributed by atoms with Crippen molar-refractivity contribution < 1.29 is 19.1 Å². The van der Waals surface area contributed by atoms with Gasteiger partial charge in [0.05, 0.1) is 5.69 Å². The highest BCUT2D eigenvalue weighted by Gasteiger charge is 2.16. The van der Waals surface area contributed by atoms with E-state index in [0.717, 1.165) is 0 Å². The van der Waals surface area contributed by atoms with Crippen LogP contribution in [0.5, 0.6) is 0 Å². The Balaban J connectivity index is 2.77. The zero-order valence-corrected chi connectivity index (χ0v) is 12.5. The number of rotatable bonds is 5. The number of nitrogens with one attached hydrogen (secondary N) is 1. The van der Waals surface area contributed by atoms with Gasteiger partial charge in [0.2, 0.25) is 0 Å². The predicted molar refractivity (Wildman–Crippen MR) is 77.6 cm³/mol. The summed E-state index contributed by atoms with van der Waals surface area (Å²) in [5.74, 6) is -1.46. The van der Waals surface area contributed by atoms with Crippen molar-refractivity contribution in [3.63, 3.8) is 0 Å². The maximum Gasteiger partial charge on any atom is 0.323 e. The van der Waals surface area contributed by atoms with Gasteiger partial charge in [-0.1, -0.05) is 6.92 Å². The van der Waals surface area contributed by atoms with Crippen LogP contribution >= 0.6 is 22.6 Å². The first-order chi connectivity index (χ1) is 8.93. The average Bonchev–Trinajstić information content (AvgIpc) is 2.31. The van der Waals surface area contributed by atoms with Crippen molar-refractivity contribution in [1.82, 2.24) is 4.90 Å². The molecule has 1 rings (SSSR count). The molecular formula is C12H14FIN2O3. The second-order valence-electron chi connectivity index (χ2n) is 3.87. The number of hydrogen-bond acceptors (Lipinski definition) is 2. The Labute approximate surface area is 123 Å². The van der Waals surface area contributed by atoms with Gasteiger partial charge in [0.1, 0.15) is 12.4 Å². The molecule has 0 atom stereocenters. The van der Waals surface area contributed by atoms with Crippen molar-refractivity contribution in [3.05, 3.63) is 27.6 Å². The third-order valence-corrected chi connectivity index (χ3v) is 3.17. The quantitative estimate of drug-likeness (QED) is 0.772. The minimum Gasteiger partial charge on any atom is -0.480 e. The normalized spacial score (nSPS) is 10.1. The van der Waals surface area contributed by atoms with Crippen molar-refractivity contribution in [2.45, 2.75) is 13.3 Å². The van der Waals surface area contributed by atoms with Crippen molar-refractivity contribution in [3.8, 4) is 0 Å².